The number of carbonyl (C=O) groups is 2. The minimum Gasteiger partial charge on any atom is -0.342 e. The summed E-state index contributed by atoms with van der Waals surface area (Å²) in [5.74, 6) is -0.255. The summed E-state index contributed by atoms with van der Waals surface area (Å²) < 4.78 is 23.0. The van der Waals surface area contributed by atoms with E-state index in [9.17, 15) is 18.0 Å². The summed E-state index contributed by atoms with van der Waals surface area (Å²) in [6.45, 7) is 1.08. The van der Waals surface area contributed by atoms with Crippen molar-refractivity contribution >= 4 is 21.5 Å². The predicted octanol–water partition coefficient (Wildman–Crippen LogP) is 1.54. The third-order valence-electron chi connectivity index (χ3n) is 4.82. The van der Waals surface area contributed by atoms with E-state index < -0.39 is 9.84 Å². The van der Waals surface area contributed by atoms with Crippen LogP contribution >= 0.6 is 0 Å². The Morgan fingerprint density at radius 1 is 0.957 bits per heavy atom. The van der Waals surface area contributed by atoms with Crippen molar-refractivity contribution in [3.63, 3.8) is 0 Å². The highest BCUT2D eigenvalue weighted by Crippen LogP contribution is 2.26. The number of ketones is 1. The smallest absolute Gasteiger partial charge is 0.226 e. The normalized spacial score (nSPS) is 24.5. The lowest BCUT2D eigenvalue weighted by molar-refractivity contribution is -0.136. The Morgan fingerprint density at radius 2 is 1.61 bits per heavy atom. The van der Waals surface area contributed by atoms with Crippen LogP contribution in [0.5, 0.6) is 0 Å². The highest BCUT2D eigenvalue weighted by atomic mass is 32.2. The van der Waals surface area contributed by atoms with Gasteiger partial charge in [0.25, 0.3) is 0 Å². The van der Waals surface area contributed by atoms with E-state index in [-0.39, 0.29) is 35.0 Å². The minimum atomic E-state index is -3.04. The highest BCUT2D eigenvalue weighted by molar-refractivity contribution is 7.91. The van der Waals surface area contributed by atoms with Gasteiger partial charge in [-0.1, -0.05) is 30.3 Å². The predicted molar refractivity (Wildman–Crippen MR) is 86.8 cm³/mol. The monoisotopic (exact) mass is 335 g/mol. The number of sulfone groups is 1. The molecule has 124 valence electrons. The number of hydrogen-bond acceptors (Lipinski definition) is 4. The lowest BCUT2D eigenvalue weighted by Gasteiger charge is -2.32. The van der Waals surface area contributed by atoms with Gasteiger partial charge in [-0.2, -0.15) is 0 Å². The van der Waals surface area contributed by atoms with E-state index in [1.54, 1.807) is 4.90 Å². The average Bonchev–Trinajstić information content (AvgIpc) is 2.94. The molecule has 2 aliphatic heterocycles. The van der Waals surface area contributed by atoms with Crippen LogP contribution in [0.1, 0.15) is 29.6 Å². The number of piperidine rings is 1. The van der Waals surface area contributed by atoms with Crippen LogP contribution in [0.25, 0.3) is 0 Å². The van der Waals surface area contributed by atoms with Gasteiger partial charge in [0, 0.05) is 24.6 Å². The van der Waals surface area contributed by atoms with Gasteiger partial charge in [0.1, 0.15) is 0 Å². The molecular weight excluding hydrogens is 314 g/mol. The number of likely N-dealkylation sites (tertiary alicyclic amines) is 1. The first kappa shape index (κ1) is 16.2. The minimum absolute atomic E-state index is 0.0191. The van der Waals surface area contributed by atoms with Crippen LogP contribution in [-0.4, -0.2) is 49.6 Å². The molecule has 1 atom stereocenters. The van der Waals surface area contributed by atoms with Crippen molar-refractivity contribution in [2.75, 3.05) is 24.6 Å². The van der Waals surface area contributed by atoms with Gasteiger partial charge in [-0.25, -0.2) is 8.42 Å². The fourth-order valence-electron chi connectivity index (χ4n) is 3.45. The van der Waals surface area contributed by atoms with E-state index >= 15 is 0 Å². The molecule has 1 aromatic carbocycles. The molecule has 0 radical (unpaired) electrons. The first-order valence-electron chi connectivity index (χ1n) is 8.05. The Bertz CT molecular complexity index is 691. The van der Waals surface area contributed by atoms with Crippen LogP contribution in [0.2, 0.25) is 0 Å². The Balaban J connectivity index is 1.56. The molecule has 0 bridgehead atoms. The van der Waals surface area contributed by atoms with Crippen LogP contribution in [0.3, 0.4) is 0 Å². The van der Waals surface area contributed by atoms with Gasteiger partial charge >= 0.3 is 0 Å². The molecule has 5 nitrogen and oxygen atoms in total. The zero-order valence-electron chi connectivity index (χ0n) is 13.0. The van der Waals surface area contributed by atoms with Crippen molar-refractivity contribution in [1.29, 1.82) is 0 Å². The second-order valence-electron chi connectivity index (χ2n) is 6.43. The van der Waals surface area contributed by atoms with Gasteiger partial charge in [0.15, 0.2) is 15.6 Å². The first-order chi connectivity index (χ1) is 11.0. The first-order valence-corrected chi connectivity index (χ1v) is 9.87. The molecule has 0 aliphatic carbocycles. The molecule has 0 N–H and O–H groups in total. The lowest BCUT2D eigenvalue weighted by atomic mass is 9.88. The molecule has 3 rings (SSSR count). The maximum absolute atomic E-state index is 12.4. The Kier molecular flexibility index (Phi) is 4.53. The molecule has 1 unspecified atom stereocenters. The SMILES string of the molecule is O=C(c1ccccc1)C1CCN(C(=O)C2CCS(=O)(=O)C2)CC1. The summed E-state index contributed by atoms with van der Waals surface area (Å²) >= 11 is 0. The van der Waals surface area contributed by atoms with E-state index in [2.05, 4.69) is 0 Å². The fraction of sp³-hybridized carbons (Fsp3) is 0.529. The molecule has 0 saturated carbocycles. The molecule has 1 amide bonds. The summed E-state index contributed by atoms with van der Waals surface area (Å²) in [5.41, 5.74) is 0.721. The van der Waals surface area contributed by atoms with E-state index in [0.29, 0.717) is 32.4 Å². The van der Waals surface area contributed by atoms with Crippen molar-refractivity contribution in [3.8, 4) is 0 Å². The van der Waals surface area contributed by atoms with Gasteiger partial charge in [-0.3, -0.25) is 9.59 Å². The Hall–Kier alpha value is -1.69. The third kappa shape index (κ3) is 3.63. The lowest BCUT2D eigenvalue weighted by Crippen LogP contribution is -2.43. The number of rotatable bonds is 3. The number of carbonyl (C=O) groups excluding carboxylic acids is 2. The summed E-state index contributed by atoms with van der Waals surface area (Å²) in [4.78, 5) is 26.6. The summed E-state index contributed by atoms with van der Waals surface area (Å²) in [6.07, 6.45) is 1.74. The quantitative estimate of drug-likeness (QED) is 0.786. The molecule has 2 saturated heterocycles. The van der Waals surface area contributed by atoms with Gasteiger partial charge in [0.05, 0.1) is 17.4 Å². The summed E-state index contributed by atoms with van der Waals surface area (Å²) in [7, 11) is -3.04. The third-order valence-corrected chi connectivity index (χ3v) is 6.59. The number of Topliss-reactive ketones (excluding diaryl/α,β-unsaturated/α-hetero) is 1. The van der Waals surface area contributed by atoms with Crippen LogP contribution in [-0.2, 0) is 14.6 Å². The van der Waals surface area contributed by atoms with Crippen molar-refractivity contribution in [3.05, 3.63) is 35.9 Å². The van der Waals surface area contributed by atoms with Gasteiger partial charge in [-0.15, -0.1) is 0 Å². The molecule has 1 aromatic rings. The maximum atomic E-state index is 12.4. The average molecular weight is 335 g/mol. The van der Waals surface area contributed by atoms with Gasteiger partial charge in [-0.05, 0) is 19.3 Å². The molecule has 2 fully saturated rings. The second kappa shape index (κ2) is 6.43. The molecular formula is C17H21NO4S. The topological polar surface area (TPSA) is 71.5 Å². The zero-order chi connectivity index (χ0) is 16.4. The molecule has 2 aliphatic rings. The van der Waals surface area contributed by atoms with Crippen molar-refractivity contribution in [2.24, 2.45) is 11.8 Å². The maximum Gasteiger partial charge on any atom is 0.226 e. The second-order valence-corrected chi connectivity index (χ2v) is 8.66. The molecule has 6 heteroatoms. The van der Waals surface area contributed by atoms with Crippen molar-refractivity contribution < 1.29 is 18.0 Å². The van der Waals surface area contributed by atoms with Crippen LogP contribution in [0, 0.1) is 11.8 Å². The van der Waals surface area contributed by atoms with E-state index in [4.69, 9.17) is 0 Å². The Labute approximate surface area is 136 Å². The molecule has 2 heterocycles. The van der Waals surface area contributed by atoms with Crippen LogP contribution in [0.15, 0.2) is 30.3 Å². The largest absolute Gasteiger partial charge is 0.342 e. The standard InChI is InChI=1S/C17H21NO4S/c19-16(13-4-2-1-3-5-13)14-6-9-18(10-7-14)17(20)15-8-11-23(21,22)12-15/h1-5,14-15H,6-12H2. The fourth-order valence-corrected chi connectivity index (χ4v) is 5.18. The van der Waals surface area contributed by atoms with Gasteiger partial charge < -0.3 is 4.90 Å². The van der Waals surface area contributed by atoms with Gasteiger partial charge in [0.2, 0.25) is 5.91 Å². The van der Waals surface area contributed by atoms with Crippen molar-refractivity contribution in [1.82, 2.24) is 4.90 Å². The summed E-state index contributed by atoms with van der Waals surface area (Å²) in [5, 5.41) is 0. The highest BCUT2D eigenvalue weighted by Gasteiger charge is 2.37. The number of nitrogens with zero attached hydrogens (tertiary/aromatic N) is 1. The zero-order valence-corrected chi connectivity index (χ0v) is 13.8. The molecule has 0 spiro atoms. The van der Waals surface area contributed by atoms with Crippen LogP contribution < -0.4 is 0 Å². The van der Waals surface area contributed by atoms with E-state index in [0.717, 1.165) is 5.56 Å². The molecule has 0 aromatic heterocycles. The number of hydrogen-bond donors (Lipinski definition) is 0. The Morgan fingerprint density at radius 3 is 2.17 bits per heavy atom. The summed E-state index contributed by atoms with van der Waals surface area (Å²) in [6, 6.07) is 9.24. The van der Waals surface area contributed by atoms with E-state index in [1.165, 1.54) is 0 Å². The number of amides is 1. The molecule has 23 heavy (non-hydrogen) atoms. The van der Waals surface area contributed by atoms with Crippen LogP contribution in [0.4, 0.5) is 0 Å². The van der Waals surface area contributed by atoms with Crippen molar-refractivity contribution in [2.45, 2.75) is 19.3 Å². The van der Waals surface area contributed by atoms with E-state index in [1.807, 2.05) is 30.3 Å². The number of benzene rings is 1.